The van der Waals surface area contributed by atoms with Gasteiger partial charge in [0, 0.05) is 6.42 Å². The number of fused-ring (bicyclic) bond motifs is 1. The van der Waals surface area contributed by atoms with E-state index >= 15 is 9.59 Å². The van der Waals surface area contributed by atoms with Crippen LogP contribution in [-0.4, -0.2) is 54.4 Å². The molecule has 2 heterocycles. The van der Waals surface area contributed by atoms with E-state index in [1.807, 2.05) is 101 Å². The lowest BCUT2D eigenvalue weighted by molar-refractivity contribution is -0.146. The van der Waals surface area contributed by atoms with Crippen LogP contribution in [0, 0.1) is 48.1 Å². The largest absolute Gasteiger partial charge is 0.507 e. The summed E-state index contributed by atoms with van der Waals surface area (Å²) in [6.45, 7) is 37.0. The number of nitrogens with zero attached hydrogens (tertiary/aromatic N) is 3. The summed E-state index contributed by atoms with van der Waals surface area (Å²) in [5.74, 6) is -2.88. The van der Waals surface area contributed by atoms with Gasteiger partial charge in [-0.25, -0.2) is 26.4 Å². The fourth-order valence-corrected chi connectivity index (χ4v) is 8.52. The molecule has 3 aromatic carbocycles. The van der Waals surface area contributed by atoms with Crippen LogP contribution in [-0.2, 0) is 40.5 Å². The number of hydrogen-bond acceptors (Lipinski definition) is 6. The molecule has 2 atom stereocenters. The predicted molar refractivity (Wildman–Crippen MR) is 218 cm³/mol. The molecular formula is C45H59N5O6. The Morgan fingerprint density at radius 2 is 1.00 bits per heavy atom. The number of phenolic OH excluding ortho intramolecular Hbond substituents is 3. The van der Waals surface area contributed by atoms with Crippen molar-refractivity contribution in [2.24, 2.45) is 0 Å². The second kappa shape index (κ2) is 13.5. The number of carbonyl (C=O) groups excluding carboxylic acids is 3. The molecule has 0 bridgehead atoms. The molecule has 56 heavy (non-hydrogen) atoms. The molecule has 0 spiro atoms. The zero-order valence-corrected chi connectivity index (χ0v) is 35.8. The van der Waals surface area contributed by atoms with Crippen LogP contribution in [0.25, 0.3) is 4.85 Å². The maximum atomic E-state index is 15.4. The van der Waals surface area contributed by atoms with Crippen molar-refractivity contribution < 1.29 is 29.7 Å². The van der Waals surface area contributed by atoms with E-state index in [9.17, 15) is 20.1 Å². The van der Waals surface area contributed by atoms with Crippen LogP contribution < -0.4 is 10.6 Å². The second-order valence-corrected chi connectivity index (χ2v) is 19.0. The zero-order valence-electron chi connectivity index (χ0n) is 35.8. The Hall–Kier alpha value is -5.24. The van der Waals surface area contributed by atoms with Crippen molar-refractivity contribution in [3.8, 4) is 17.2 Å². The summed E-state index contributed by atoms with van der Waals surface area (Å²) in [5, 5.41) is 40.0. The van der Waals surface area contributed by atoms with Crippen molar-refractivity contribution in [2.45, 2.75) is 151 Å². The van der Waals surface area contributed by atoms with Crippen molar-refractivity contribution in [1.82, 2.24) is 20.4 Å². The van der Waals surface area contributed by atoms with Crippen LogP contribution in [0.3, 0.4) is 0 Å². The van der Waals surface area contributed by atoms with Gasteiger partial charge in [0.1, 0.15) is 17.2 Å². The van der Waals surface area contributed by atoms with Crippen LogP contribution in [0.4, 0.5) is 9.59 Å². The second-order valence-electron chi connectivity index (χ2n) is 19.0. The normalized spacial score (nSPS) is 20.2. The van der Waals surface area contributed by atoms with E-state index in [0.29, 0.717) is 38.9 Å². The third kappa shape index (κ3) is 6.41. The molecule has 0 aliphatic carbocycles. The Morgan fingerprint density at radius 1 is 0.625 bits per heavy atom. The number of carbonyl (C=O) groups is 3. The summed E-state index contributed by atoms with van der Waals surface area (Å²) in [5.41, 5.74) is 4.32. The first-order chi connectivity index (χ1) is 25.6. The minimum Gasteiger partial charge on any atom is -0.507 e. The first kappa shape index (κ1) is 41.9. The number of hydrogen-bond donors (Lipinski definition) is 5. The molecule has 2 fully saturated rings. The van der Waals surface area contributed by atoms with E-state index in [1.165, 1.54) is 4.90 Å². The highest BCUT2D eigenvalue weighted by molar-refractivity contribution is 6.08. The molecule has 5 amide bonds. The van der Waals surface area contributed by atoms with Gasteiger partial charge in [0.2, 0.25) is 5.54 Å². The maximum absolute atomic E-state index is 15.4. The number of benzene rings is 3. The summed E-state index contributed by atoms with van der Waals surface area (Å²) >= 11 is 0. The summed E-state index contributed by atoms with van der Waals surface area (Å²) in [7, 11) is 0. The number of nitrogens with one attached hydrogen (secondary N) is 2. The molecule has 11 nitrogen and oxygen atoms in total. The lowest BCUT2D eigenvalue weighted by Crippen LogP contribution is -2.80. The van der Waals surface area contributed by atoms with Crippen molar-refractivity contribution in [1.29, 1.82) is 0 Å². The highest BCUT2D eigenvalue weighted by Crippen LogP contribution is 2.47. The molecule has 2 unspecified atom stereocenters. The summed E-state index contributed by atoms with van der Waals surface area (Å²) in [4.78, 5) is 50.5. The van der Waals surface area contributed by atoms with Crippen molar-refractivity contribution >= 4 is 18.0 Å². The van der Waals surface area contributed by atoms with Crippen LogP contribution in [0.1, 0.15) is 129 Å². The van der Waals surface area contributed by atoms with E-state index < -0.39 is 45.5 Å². The number of aromatic hydroxyl groups is 3. The van der Waals surface area contributed by atoms with Crippen LogP contribution in [0.2, 0.25) is 0 Å². The fraction of sp³-hybridized carbons (Fsp3) is 0.511. The summed E-state index contributed by atoms with van der Waals surface area (Å²) < 4.78 is 0. The zero-order chi connectivity index (χ0) is 42.4. The molecule has 3 aromatic rings. The maximum Gasteiger partial charge on any atom is 0.428 e. The molecule has 0 radical (unpaired) electrons. The topological polar surface area (TPSA) is 147 Å². The number of amides is 5. The van der Waals surface area contributed by atoms with E-state index in [2.05, 4.69) is 15.5 Å². The molecule has 2 aliphatic rings. The number of phenols is 3. The van der Waals surface area contributed by atoms with Gasteiger partial charge in [-0.05, 0) is 125 Å². The van der Waals surface area contributed by atoms with Crippen LogP contribution in [0.15, 0.2) is 18.2 Å². The van der Waals surface area contributed by atoms with Crippen LogP contribution in [0.5, 0.6) is 17.2 Å². The minimum atomic E-state index is -2.26. The van der Waals surface area contributed by atoms with Crippen molar-refractivity contribution in [3.63, 3.8) is 0 Å². The molecule has 300 valence electrons. The van der Waals surface area contributed by atoms with Gasteiger partial charge in [0.15, 0.2) is 0 Å². The first-order valence-corrected chi connectivity index (χ1v) is 19.2. The Morgan fingerprint density at radius 3 is 1.39 bits per heavy atom. The number of urea groups is 2. The van der Waals surface area contributed by atoms with Gasteiger partial charge in [-0.1, -0.05) is 80.5 Å². The summed E-state index contributed by atoms with van der Waals surface area (Å²) in [6.07, 6.45) is -0.235. The molecule has 5 N–H and O–H groups in total. The van der Waals surface area contributed by atoms with E-state index in [-0.39, 0.29) is 36.8 Å². The Balaban J connectivity index is 1.80. The monoisotopic (exact) mass is 765 g/mol. The molecule has 0 aromatic heterocycles. The highest BCUT2D eigenvalue weighted by atomic mass is 16.3. The number of aryl methyl sites for hydroxylation is 3. The third-order valence-electron chi connectivity index (χ3n) is 12.0. The minimum absolute atomic E-state index is 0.0505. The first-order valence-electron chi connectivity index (χ1n) is 19.2. The van der Waals surface area contributed by atoms with Crippen molar-refractivity contribution in [2.75, 3.05) is 0 Å². The molecule has 11 heteroatoms. The van der Waals surface area contributed by atoms with Gasteiger partial charge >= 0.3 is 17.8 Å². The van der Waals surface area contributed by atoms with Gasteiger partial charge in [-0.3, -0.25) is 14.5 Å². The quantitative estimate of drug-likeness (QED) is 0.159. The lowest BCUT2D eigenvalue weighted by Gasteiger charge is -2.48. The molecule has 2 aliphatic heterocycles. The molecule has 2 saturated heterocycles. The Labute approximate surface area is 331 Å². The summed E-state index contributed by atoms with van der Waals surface area (Å²) in [6, 6.07) is 3.98. The molecule has 5 rings (SSSR count). The smallest absolute Gasteiger partial charge is 0.428 e. The van der Waals surface area contributed by atoms with E-state index in [1.54, 1.807) is 20.8 Å². The Bertz CT molecular complexity index is 2230. The van der Waals surface area contributed by atoms with Crippen molar-refractivity contribution in [3.05, 3.63) is 96.4 Å². The fourth-order valence-electron chi connectivity index (χ4n) is 8.52. The van der Waals surface area contributed by atoms with E-state index in [0.717, 1.165) is 32.7 Å². The number of imide groups is 1. The lowest BCUT2D eigenvalue weighted by atomic mass is 9.76. The van der Waals surface area contributed by atoms with Gasteiger partial charge < -0.3 is 20.6 Å². The molecule has 0 saturated carbocycles. The Kier molecular flexibility index (Phi) is 10.1. The standard InChI is InChI=1S/C45H59N5O6/c1-23-17-32(41(7,8)9)35(51)26(4)29(23)20-44-38(54)49(21-30-24(2)18-33(42(10,11)12)36(52)27(30)5)40(56)50(45(44,46-16)48-39(55)47-44)22-31-25(3)19-34(43(13,14)15)37(53)28(31)6/h17-19,51-53H,20-22H2,1-15H3,(H2,47,48,55). The van der Waals surface area contributed by atoms with E-state index in [4.69, 9.17) is 6.57 Å². The predicted octanol–water partition coefficient (Wildman–Crippen LogP) is 8.38. The highest BCUT2D eigenvalue weighted by Gasteiger charge is 2.78. The molecular weight excluding hydrogens is 707 g/mol. The SMILES string of the molecule is [C-]#[N+]C12NC(=O)NC1(Cc1c(C)cc(C(C)(C)C)c(O)c1C)C(=O)N(Cc1c(C)cc(C(C)(C)C)c(O)c1C)C(=O)N2Cc1c(C)cc(C(C)(C)C)c(O)c1C. The van der Waals surface area contributed by atoms with Gasteiger partial charge in [0.25, 0.3) is 5.91 Å². The van der Waals surface area contributed by atoms with Gasteiger partial charge in [0.05, 0.1) is 13.1 Å². The average molecular weight is 766 g/mol. The van der Waals surface area contributed by atoms with Gasteiger partial charge in [-0.15, -0.1) is 0 Å². The van der Waals surface area contributed by atoms with Gasteiger partial charge in [-0.2, -0.15) is 0 Å². The van der Waals surface area contributed by atoms with Crippen LogP contribution >= 0.6 is 0 Å². The average Bonchev–Trinajstić information content (AvgIpc) is 3.38. The third-order valence-corrected chi connectivity index (χ3v) is 12.0. The number of rotatable bonds is 6.